The predicted octanol–water partition coefficient (Wildman–Crippen LogP) is 0.483. The lowest BCUT2D eigenvalue weighted by Gasteiger charge is -2.11. The van der Waals surface area contributed by atoms with Crippen molar-refractivity contribution in [2.45, 2.75) is 6.54 Å². The van der Waals surface area contributed by atoms with Gasteiger partial charge in [-0.1, -0.05) is 42.5 Å². The zero-order chi connectivity index (χ0) is 12.8. The lowest BCUT2D eigenvalue weighted by molar-refractivity contribution is 0.425. The number of benzene rings is 2. The average molecular weight is 242 g/mol. The maximum atomic E-state index is 9.23. The fourth-order valence-electron chi connectivity index (χ4n) is 1.71. The summed E-state index contributed by atoms with van der Waals surface area (Å²) in [7, 11) is -1.44. The van der Waals surface area contributed by atoms with Gasteiger partial charge < -0.3 is 15.5 Å². The SMILES string of the molecule is OB(O)c1ccccc1CNNc1ccccc1. The third-order valence-electron chi connectivity index (χ3n) is 2.62. The van der Waals surface area contributed by atoms with E-state index in [0.717, 1.165) is 11.3 Å². The molecule has 0 spiro atoms. The zero-order valence-corrected chi connectivity index (χ0v) is 9.88. The summed E-state index contributed by atoms with van der Waals surface area (Å²) in [6.07, 6.45) is 0. The van der Waals surface area contributed by atoms with Crippen molar-refractivity contribution in [2.24, 2.45) is 0 Å². The highest BCUT2D eigenvalue weighted by Gasteiger charge is 2.14. The van der Waals surface area contributed by atoms with E-state index >= 15 is 0 Å². The van der Waals surface area contributed by atoms with Crippen molar-refractivity contribution in [3.8, 4) is 0 Å². The van der Waals surface area contributed by atoms with E-state index in [4.69, 9.17) is 0 Å². The Hall–Kier alpha value is -1.82. The largest absolute Gasteiger partial charge is 0.488 e. The molecule has 92 valence electrons. The minimum atomic E-state index is -1.44. The second-order valence-electron chi connectivity index (χ2n) is 3.92. The van der Waals surface area contributed by atoms with Gasteiger partial charge in [-0.2, -0.15) is 0 Å². The van der Waals surface area contributed by atoms with Crippen molar-refractivity contribution < 1.29 is 10.0 Å². The number of nitrogens with one attached hydrogen (secondary N) is 2. The molecule has 0 heterocycles. The summed E-state index contributed by atoms with van der Waals surface area (Å²) in [6, 6.07) is 16.9. The molecule has 0 saturated heterocycles. The lowest BCUT2D eigenvalue weighted by Crippen LogP contribution is -2.35. The van der Waals surface area contributed by atoms with E-state index < -0.39 is 7.12 Å². The topological polar surface area (TPSA) is 64.5 Å². The standard InChI is InChI=1S/C13H15BN2O2/c17-14(18)13-9-5-4-6-11(13)10-15-16-12-7-2-1-3-8-12/h1-9,15-18H,10H2. The van der Waals surface area contributed by atoms with Gasteiger partial charge in [-0.3, -0.25) is 0 Å². The van der Waals surface area contributed by atoms with Gasteiger partial charge in [-0.15, -0.1) is 0 Å². The van der Waals surface area contributed by atoms with Gasteiger partial charge in [0.05, 0.1) is 0 Å². The number of hydrogen-bond acceptors (Lipinski definition) is 4. The van der Waals surface area contributed by atoms with Crippen molar-refractivity contribution in [3.05, 3.63) is 60.2 Å². The Morgan fingerprint density at radius 2 is 1.56 bits per heavy atom. The highest BCUT2D eigenvalue weighted by atomic mass is 16.4. The summed E-state index contributed by atoms with van der Waals surface area (Å²) in [5.74, 6) is 0. The molecule has 0 unspecified atom stereocenters. The summed E-state index contributed by atoms with van der Waals surface area (Å²) in [5, 5.41) is 18.5. The Labute approximate surface area is 106 Å². The van der Waals surface area contributed by atoms with E-state index in [2.05, 4.69) is 10.9 Å². The summed E-state index contributed by atoms with van der Waals surface area (Å²) in [5.41, 5.74) is 8.40. The molecular weight excluding hydrogens is 227 g/mol. The van der Waals surface area contributed by atoms with Crippen molar-refractivity contribution in [3.63, 3.8) is 0 Å². The maximum absolute atomic E-state index is 9.23. The Morgan fingerprint density at radius 3 is 2.28 bits per heavy atom. The van der Waals surface area contributed by atoms with Crippen molar-refractivity contribution >= 4 is 18.3 Å². The van der Waals surface area contributed by atoms with Gasteiger partial charge in [0, 0.05) is 12.2 Å². The van der Waals surface area contributed by atoms with Crippen LogP contribution in [0.15, 0.2) is 54.6 Å². The molecule has 0 aliphatic carbocycles. The van der Waals surface area contributed by atoms with Crippen LogP contribution in [0.1, 0.15) is 5.56 Å². The molecule has 4 N–H and O–H groups in total. The molecule has 0 saturated carbocycles. The van der Waals surface area contributed by atoms with Crippen LogP contribution in [0.3, 0.4) is 0 Å². The lowest BCUT2D eigenvalue weighted by atomic mass is 9.77. The van der Waals surface area contributed by atoms with Crippen LogP contribution < -0.4 is 16.3 Å². The molecule has 0 bridgehead atoms. The van der Waals surface area contributed by atoms with E-state index in [1.807, 2.05) is 42.5 Å². The highest BCUT2D eigenvalue weighted by molar-refractivity contribution is 6.59. The van der Waals surface area contributed by atoms with E-state index in [1.165, 1.54) is 0 Å². The van der Waals surface area contributed by atoms with Crippen molar-refractivity contribution in [2.75, 3.05) is 5.43 Å². The molecule has 0 radical (unpaired) electrons. The molecule has 0 aromatic heterocycles. The first kappa shape index (κ1) is 12.6. The van der Waals surface area contributed by atoms with E-state index in [0.29, 0.717) is 12.0 Å². The average Bonchev–Trinajstić information content (AvgIpc) is 2.40. The number of rotatable bonds is 5. The normalized spacial score (nSPS) is 10.1. The van der Waals surface area contributed by atoms with E-state index in [1.54, 1.807) is 12.1 Å². The van der Waals surface area contributed by atoms with Crippen LogP contribution in [0, 0.1) is 0 Å². The van der Waals surface area contributed by atoms with Gasteiger partial charge in [-0.05, 0) is 23.2 Å². The van der Waals surface area contributed by atoms with Crippen molar-refractivity contribution in [1.82, 2.24) is 5.43 Å². The molecule has 0 fully saturated rings. The minimum absolute atomic E-state index is 0.503. The van der Waals surface area contributed by atoms with Crippen molar-refractivity contribution in [1.29, 1.82) is 0 Å². The molecule has 0 atom stereocenters. The van der Waals surface area contributed by atoms with Gasteiger partial charge in [0.1, 0.15) is 0 Å². The van der Waals surface area contributed by atoms with Gasteiger partial charge in [0.2, 0.25) is 0 Å². The predicted molar refractivity (Wildman–Crippen MR) is 73.2 cm³/mol. The first-order chi connectivity index (χ1) is 8.77. The van der Waals surface area contributed by atoms with Gasteiger partial charge in [0.25, 0.3) is 0 Å². The van der Waals surface area contributed by atoms with Gasteiger partial charge in [0.15, 0.2) is 0 Å². The number of anilines is 1. The molecule has 5 heteroatoms. The Bertz CT molecular complexity index is 491. The molecule has 0 amide bonds. The molecule has 18 heavy (non-hydrogen) atoms. The molecule has 2 rings (SSSR count). The molecule has 0 aliphatic heterocycles. The third-order valence-corrected chi connectivity index (χ3v) is 2.62. The van der Waals surface area contributed by atoms with E-state index in [9.17, 15) is 10.0 Å². The molecular formula is C13H15BN2O2. The summed E-state index contributed by atoms with van der Waals surface area (Å²) < 4.78 is 0. The summed E-state index contributed by atoms with van der Waals surface area (Å²) in [6.45, 7) is 0.503. The van der Waals surface area contributed by atoms with Crippen LogP contribution in [-0.2, 0) is 6.54 Å². The van der Waals surface area contributed by atoms with Crippen LogP contribution in [0.4, 0.5) is 5.69 Å². The Morgan fingerprint density at radius 1 is 0.889 bits per heavy atom. The van der Waals surface area contributed by atoms with Crippen LogP contribution >= 0.6 is 0 Å². The zero-order valence-electron chi connectivity index (χ0n) is 9.88. The second kappa shape index (κ2) is 6.21. The fraction of sp³-hybridized carbons (Fsp3) is 0.0769. The van der Waals surface area contributed by atoms with Gasteiger partial charge in [-0.25, -0.2) is 5.43 Å². The Balaban J connectivity index is 1.94. The maximum Gasteiger partial charge on any atom is 0.488 e. The summed E-state index contributed by atoms with van der Waals surface area (Å²) in [4.78, 5) is 0. The molecule has 2 aromatic rings. The van der Waals surface area contributed by atoms with Gasteiger partial charge >= 0.3 is 7.12 Å². The summed E-state index contributed by atoms with van der Waals surface area (Å²) >= 11 is 0. The Kier molecular flexibility index (Phi) is 4.36. The fourth-order valence-corrected chi connectivity index (χ4v) is 1.71. The van der Waals surface area contributed by atoms with Crippen LogP contribution in [0.2, 0.25) is 0 Å². The minimum Gasteiger partial charge on any atom is -0.423 e. The van der Waals surface area contributed by atoms with Crippen LogP contribution in [0.5, 0.6) is 0 Å². The third kappa shape index (κ3) is 3.34. The second-order valence-corrected chi connectivity index (χ2v) is 3.92. The molecule has 4 nitrogen and oxygen atoms in total. The highest BCUT2D eigenvalue weighted by Crippen LogP contribution is 2.03. The number of hydrazine groups is 1. The van der Waals surface area contributed by atoms with E-state index in [-0.39, 0.29) is 0 Å². The monoisotopic (exact) mass is 242 g/mol. The molecule has 0 aliphatic rings. The first-order valence-corrected chi connectivity index (χ1v) is 5.75. The number of hydrogen-bond donors (Lipinski definition) is 4. The first-order valence-electron chi connectivity index (χ1n) is 5.75. The quantitative estimate of drug-likeness (QED) is 0.455. The number of para-hydroxylation sites is 1. The molecule has 2 aromatic carbocycles. The van der Waals surface area contributed by atoms with Crippen LogP contribution in [0.25, 0.3) is 0 Å². The smallest absolute Gasteiger partial charge is 0.423 e. The van der Waals surface area contributed by atoms with Crippen LogP contribution in [-0.4, -0.2) is 17.2 Å².